The van der Waals surface area contributed by atoms with Gasteiger partial charge >= 0.3 is 111 Å². The Hall–Kier alpha value is 0.430. The molecule has 0 fully saturated rings. The molecule has 0 nitrogen and oxygen atoms in total. The Morgan fingerprint density at radius 1 is 0.882 bits per heavy atom. The molecule has 0 saturated carbocycles. The molecule has 0 saturated heterocycles. The average Bonchev–Trinajstić information content (AvgIpc) is 2.28. The molecule has 106 valence electrons. The van der Waals surface area contributed by atoms with Gasteiger partial charge in [-0.05, 0) is 0 Å². The summed E-state index contributed by atoms with van der Waals surface area (Å²) in [5.74, 6) is 2.69. The summed E-state index contributed by atoms with van der Waals surface area (Å²) in [5, 5.41) is 0. The van der Waals surface area contributed by atoms with Gasteiger partial charge in [-0.3, -0.25) is 0 Å². The van der Waals surface area contributed by atoms with Gasteiger partial charge in [0.2, 0.25) is 0 Å². The van der Waals surface area contributed by atoms with Gasteiger partial charge in [0, 0.05) is 0 Å². The summed E-state index contributed by atoms with van der Waals surface area (Å²) >= 11 is 0. The zero-order valence-electron chi connectivity index (χ0n) is 13.5. The molecule has 0 bridgehead atoms. The first-order valence-corrected chi connectivity index (χ1v) is 10.7. The van der Waals surface area contributed by atoms with E-state index in [0.717, 1.165) is 17.8 Å². The fraction of sp³-hybridized carbons (Fsp3) is 1.00. The van der Waals surface area contributed by atoms with Crippen LogP contribution in [0.15, 0.2) is 0 Å². The van der Waals surface area contributed by atoms with E-state index in [1.165, 1.54) is 25.2 Å². The van der Waals surface area contributed by atoms with Gasteiger partial charge < -0.3 is 0 Å². The van der Waals surface area contributed by atoms with Crippen molar-refractivity contribution in [1.82, 2.24) is 0 Å². The maximum absolute atomic E-state index is 2.50. The predicted octanol–water partition coefficient (Wildman–Crippen LogP) is 5.50. The van der Waals surface area contributed by atoms with Crippen LogP contribution in [0.2, 0.25) is 0 Å². The zero-order chi connectivity index (χ0) is 13.5. The summed E-state index contributed by atoms with van der Waals surface area (Å²) in [7, 11) is -0.908. The predicted molar refractivity (Wildman–Crippen MR) is 87.2 cm³/mol. The molecule has 0 aliphatic rings. The van der Waals surface area contributed by atoms with Crippen molar-refractivity contribution in [2.75, 3.05) is 24.6 Å². The zero-order valence-corrected chi connectivity index (χ0v) is 14.5. The molecule has 0 radical (unpaired) electrons. The molecule has 0 amide bonds. The Bertz CT molecular complexity index is 182. The van der Waals surface area contributed by atoms with E-state index in [-0.39, 0.29) is 0 Å². The molecule has 0 rings (SSSR count). The fourth-order valence-corrected chi connectivity index (χ4v) is 7.95. The molecular weight excluding hydrogens is 223 g/mol. The summed E-state index contributed by atoms with van der Waals surface area (Å²) in [4.78, 5) is 0. The van der Waals surface area contributed by atoms with E-state index in [1.54, 1.807) is 12.3 Å². The van der Waals surface area contributed by atoms with Crippen LogP contribution < -0.4 is 0 Å². The maximum atomic E-state index is 2.50. The summed E-state index contributed by atoms with van der Waals surface area (Å²) in [5.41, 5.74) is 0. The fourth-order valence-electron chi connectivity index (χ4n) is 3.25. The Morgan fingerprint density at radius 2 is 1.41 bits per heavy atom. The van der Waals surface area contributed by atoms with Crippen LogP contribution in [-0.4, -0.2) is 24.6 Å². The first-order chi connectivity index (χ1) is 7.90. The number of hydrogen-bond acceptors (Lipinski definition) is 0. The van der Waals surface area contributed by atoms with E-state index in [1.807, 2.05) is 0 Å². The molecule has 0 spiro atoms. The van der Waals surface area contributed by atoms with Gasteiger partial charge in [-0.25, -0.2) is 0 Å². The van der Waals surface area contributed by atoms with Crippen molar-refractivity contribution in [3.8, 4) is 0 Å². The van der Waals surface area contributed by atoms with E-state index in [2.05, 4.69) is 48.5 Å². The van der Waals surface area contributed by atoms with E-state index in [4.69, 9.17) is 0 Å². The van der Waals surface area contributed by atoms with Crippen molar-refractivity contribution in [2.24, 2.45) is 17.8 Å². The van der Waals surface area contributed by atoms with Crippen LogP contribution in [0.25, 0.3) is 0 Å². The van der Waals surface area contributed by atoms with Crippen LogP contribution in [0.1, 0.15) is 61.3 Å². The molecule has 17 heavy (non-hydrogen) atoms. The van der Waals surface area contributed by atoms with Crippen LogP contribution in [0.3, 0.4) is 0 Å². The third-order valence-corrected chi connectivity index (χ3v) is 11.1. The van der Waals surface area contributed by atoms with Crippen molar-refractivity contribution >= 4 is 7.26 Å². The van der Waals surface area contributed by atoms with Crippen LogP contribution in [0.5, 0.6) is 0 Å². The second-order valence-electron chi connectivity index (χ2n) is 6.72. The third-order valence-electron chi connectivity index (χ3n) is 4.97. The molecule has 0 heterocycles. The number of hydrogen-bond donors (Lipinski definition) is 0. The Labute approximate surface area is 111 Å². The van der Waals surface area contributed by atoms with Gasteiger partial charge in [-0.15, -0.1) is 0 Å². The van der Waals surface area contributed by atoms with Crippen molar-refractivity contribution in [2.45, 2.75) is 61.3 Å². The van der Waals surface area contributed by atoms with E-state index in [0.29, 0.717) is 0 Å². The summed E-state index contributed by atoms with van der Waals surface area (Å²) < 4.78 is 0. The third kappa shape index (κ3) is 6.23. The van der Waals surface area contributed by atoms with E-state index < -0.39 is 7.26 Å². The first-order valence-electron chi connectivity index (χ1n) is 7.90. The van der Waals surface area contributed by atoms with Crippen molar-refractivity contribution in [1.29, 1.82) is 0 Å². The van der Waals surface area contributed by atoms with E-state index in [9.17, 15) is 0 Å². The molecule has 0 aromatic carbocycles. The summed E-state index contributed by atoms with van der Waals surface area (Å²) in [6.07, 6.45) is 8.97. The molecule has 0 aromatic heterocycles. The van der Waals surface area contributed by atoms with Crippen molar-refractivity contribution in [3.05, 3.63) is 0 Å². The molecule has 0 aliphatic carbocycles. The minimum absolute atomic E-state index is 0.850. The Balaban J connectivity index is 4.34. The average molecular weight is 260 g/mol. The molecule has 2 atom stereocenters. The monoisotopic (exact) mass is 260 g/mol. The SMILES string of the molecule is CCC[PH](CC)(CC)CC(C)CC(C)C(C)C. The summed E-state index contributed by atoms with van der Waals surface area (Å²) in [6.45, 7) is 16.9. The van der Waals surface area contributed by atoms with Gasteiger partial charge in [0.15, 0.2) is 0 Å². The second-order valence-corrected chi connectivity index (χ2v) is 12.0. The summed E-state index contributed by atoms with van der Waals surface area (Å²) in [6, 6.07) is 0. The minimum atomic E-state index is -0.908. The molecule has 0 aliphatic heterocycles. The topological polar surface area (TPSA) is 0 Å². The molecule has 0 N–H and O–H groups in total. The van der Waals surface area contributed by atoms with Crippen molar-refractivity contribution < 1.29 is 0 Å². The molecular formula is C16H37P. The van der Waals surface area contributed by atoms with Gasteiger partial charge in [-0.2, -0.15) is 0 Å². The van der Waals surface area contributed by atoms with Gasteiger partial charge in [-0.1, -0.05) is 0 Å². The first kappa shape index (κ1) is 17.4. The van der Waals surface area contributed by atoms with Gasteiger partial charge in [0.05, 0.1) is 0 Å². The van der Waals surface area contributed by atoms with Crippen LogP contribution in [0.4, 0.5) is 0 Å². The van der Waals surface area contributed by atoms with Gasteiger partial charge in [0.1, 0.15) is 0 Å². The molecule has 0 aromatic rings. The van der Waals surface area contributed by atoms with Crippen LogP contribution in [0, 0.1) is 17.8 Å². The standard InChI is InChI=1S/C16H37P/c1-8-11-17(9-2,10-3)13-15(6)12-16(7)14(4)5/h14-17H,8-13H2,1-7H3. The van der Waals surface area contributed by atoms with Crippen LogP contribution in [-0.2, 0) is 0 Å². The Kier molecular flexibility index (Phi) is 8.73. The van der Waals surface area contributed by atoms with Crippen LogP contribution >= 0.6 is 7.26 Å². The van der Waals surface area contributed by atoms with Gasteiger partial charge in [0.25, 0.3) is 0 Å². The molecule has 2 unspecified atom stereocenters. The number of rotatable bonds is 9. The van der Waals surface area contributed by atoms with E-state index >= 15 is 0 Å². The Morgan fingerprint density at radius 3 is 1.76 bits per heavy atom. The second kappa shape index (κ2) is 8.52. The normalized spacial score (nSPS) is 17.2. The van der Waals surface area contributed by atoms with Crippen molar-refractivity contribution in [3.63, 3.8) is 0 Å². The molecule has 1 heteroatoms. The quantitative estimate of drug-likeness (QED) is 0.480.